The minimum Gasteiger partial charge on any atom is -0.495 e. The van der Waals surface area contributed by atoms with Gasteiger partial charge in [-0.1, -0.05) is 85.8 Å². The smallest absolute Gasteiger partial charge is 0.264 e. The lowest BCUT2D eigenvalue weighted by molar-refractivity contribution is -0.140. The molecule has 2 amide bonds. The monoisotopic (exact) mass is 625 g/mol. The van der Waals surface area contributed by atoms with Crippen LogP contribution in [0.2, 0.25) is 5.02 Å². The predicted octanol–water partition coefficient (Wildman–Crippen LogP) is 6.11. The summed E-state index contributed by atoms with van der Waals surface area (Å²) in [6.07, 6.45) is 5.47. The summed E-state index contributed by atoms with van der Waals surface area (Å²) < 4.78 is 34.3. The Morgan fingerprint density at radius 1 is 1.00 bits per heavy atom. The zero-order chi connectivity index (χ0) is 31.0. The molecule has 10 heteroatoms. The minimum atomic E-state index is -4.19. The largest absolute Gasteiger partial charge is 0.495 e. The van der Waals surface area contributed by atoms with Crippen LogP contribution in [0.5, 0.6) is 5.75 Å². The summed E-state index contributed by atoms with van der Waals surface area (Å²) in [4.78, 5) is 29.5. The Morgan fingerprint density at radius 3 is 2.35 bits per heavy atom. The lowest BCUT2D eigenvalue weighted by Gasteiger charge is -2.34. The molecule has 1 N–H and O–H groups in total. The van der Waals surface area contributed by atoms with E-state index < -0.39 is 28.5 Å². The topological polar surface area (TPSA) is 96.0 Å². The number of ether oxygens (including phenoxy) is 1. The second-order valence-electron chi connectivity index (χ2n) is 10.9. The molecule has 8 nitrogen and oxygen atoms in total. The molecule has 0 saturated heterocycles. The number of anilines is 1. The molecule has 4 rings (SSSR count). The van der Waals surface area contributed by atoms with E-state index in [-0.39, 0.29) is 34.1 Å². The van der Waals surface area contributed by atoms with Crippen LogP contribution >= 0.6 is 11.6 Å². The van der Waals surface area contributed by atoms with Crippen LogP contribution in [-0.2, 0) is 26.2 Å². The standard InChI is InChI=1S/C33H40ClN3O5S/c1-4-30(33(39)35-26-14-7-5-8-15-26)36(22-25-13-11-12-24(2)20-25)32(38)23-37(27-18-19-31(42-3)29(34)21-27)43(40,41)28-16-9-6-10-17-28/h6,9-13,16-21,26,30H,4-5,7-8,14-15,22-23H2,1-3H3,(H,35,39). The van der Waals surface area contributed by atoms with Gasteiger partial charge in [0.25, 0.3) is 10.0 Å². The van der Waals surface area contributed by atoms with E-state index in [4.69, 9.17) is 16.3 Å². The molecule has 1 saturated carbocycles. The summed E-state index contributed by atoms with van der Waals surface area (Å²) in [5, 5.41) is 3.37. The third kappa shape index (κ3) is 8.09. The Labute approximate surface area is 260 Å². The quantitative estimate of drug-likeness (QED) is 0.262. The number of benzene rings is 3. The summed E-state index contributed by atoms with van der Waals surface area (Å²) in [7, 11) is -2.72. The third-order valence-electron chi connectivity index (χ3n) is 7.81. The van der Waals surface area contributed by atoms with Crippen LogP contribution in [0, 0.1) is 6.92 Å². The number of methoxy groups -OCH3 is 1. The fourth-order valence-corrected chi connectivity index (χ4v) is 7.21. The second-order valence-corrected chi connectivity index (χ2v) is 13.2. The number of amides is 2. The van der Waals surface area contributed by atoms with E-state index in [1.54, 1.807) is 30.3 Å². The number of halogens is 1. The lowest BCUT2D eigenvalue weighted by atomic mass is 9.95. The first-order chi connectivity index (χ1) is 20.6. The maximum absolute atomic E-state index is 14.3. The third-order valence-corrected chi connectivity index (χ3v) is 9.89. The summed E-state index contributed by atoms with van der Waals surface area (Å²) in [5.74, 6) is -0.348. The van der Waals surface area contributed by atoms with Gasteiger partial charge in [0.2, 0.25) is 11.8 Å². The van der Waals surface area contributed by atoms with E-state index in [0.717, 1.165) is 47.5 Å². The van der Waals surface area contributed by atoms with Crippen LogP contribution in [0.25, 0.3) is 0 Å². The summed E-state index contributed by atoms with van der Waals surface area (Å²) in [6.45, 7) is 3.45. The highest BCUT2D eigenvalue weighted by molar-refractivity contribution is 7.92. The van der Waals surface area contributed by atoms with Crippen molar-refractivity contribution in [3.63, 3.8) is 0 Å². The normalized spacial score (nSPS) is 14.5. The Balaban J connectivity index is 1.72. The van der Waals surface area contributed by atoms with Gasteiger partial charge in [-0.25, -0.2) is 8.42 Å². The van der Waals surface area contributed by atoms with Crippen molar-refractivity contribution in [1.29, 1.82) is 0 Å². The van der Waals surface area contributed by atoms with Crippen molar-refractivity contribution in [2.45, 2.75) is 75.9 Å². The predicted molar refractivity (Wildman–Crippen MR) is 170 cm³/mol. The summed E-state index contributed by atoms with van der Waals surface area (Å²) in [5.41, 5.74) is 2.08. The summed E-state index contributed by atoms with van der Waals surface area (Å²) >= 11 is 6.40. The van der Waals surface area contributed by atoms with Gasteiger partial charge in [-0.3, -0.25) is 13.9 Å². The number of carbonyl (C=O) groups is 2. The Hall–Kier alpha value is -3.56. The zero-order valence-corrected chi connectivity index (χ0v) is 26.5. The van der Waals surface area contributed by atoms with Crippen molar-refractivity contribution in [1.82, 2.24) is 10.2 Å². The average molecular weight is 626 g/mol. The molecule has 1 atom stereocenters. The molecule has 0 spiro atoms. The number of nitrogens with one attached hydrogen (secondary N) is 1. The SMILES string of the molecule is CCC(C(=O)NC1CCCCC1)N(Cc1cccc(C)c1)C(=O)CN(c1ccc(OC)c(Cl)c1)S(=O)(=O)c1ccccc1. The highest BCUT2D eigenvalue weighted by Gasteiger charge is 2.34. The molecule has 0 heterocycles. The van der Waals surface area contributed by atoms with E-state index in [1.807, 2.05) is 38.1 Å². The Kier molecular flexibility index (Phi) is 11.1. The van der Waals surface area contributed by atoms with Crippen molar-refractivity contribution in [2.75, 3.05) is 18.0 Å². The van der Waals surface area contributed by atoms with Gasteiger partial charge in [0.15, 0.2) is 0 Å². The number of sulfonamides is 1. The first-order valence-electron chi connectivity index (χ1n) is 14.7. The number of nitrogens with zero attached hydrogens (tertiary/aromatic N) is 2. The molecule has 3 aromatic rings. The first kappa shape index (κ1) is 32.4. The molecule has 1 aliphatic carbocycles. The van der Waals surface area contributed by atoms with Gasteiger partial charge in [-0.2, -0.15) is 0 Å². The molecule has 3 aromatic carbocycles. The molecule has 43 heavy (non-hydrogen) atoms. The van der Waals surface area contributed by atoms with Crippen LogP contribution < -0.4 is 14.4 Å². The molecule has 1 unspecified atom stereocenters. The van der Waals surface area contributed by atoms with Crippen molar-refractivity contribution in [3.05, 3.63) is 88.9 Å². The van der Waals surface area contributed by atoms with E-state index in [0.29, 0.717) is 12.2 Å². The molecule has 0 aromatic heterocycles. The Morgan fingerprint density at radius 2 is 1.72 bits per heavy atom. The van der Waals surface area contributed by atoms with E-state index in [2.05, 4.69) is 5.32 Å². The van der Waals surface area contributed by atoms with Gasteiger partial charge < -0.3 is 15.0 Å². The molecule has 0 radical (unpaired) electrons. The maximum Gasteiger partial charge on any atom is 0.264 e. The zero-order valence-electron chi connectivity index (χ0n) is 25.0. The fraction of sp³-hybridized carbons (Fsp3) is 0.394. The number of hydrogen-bond donors (Lipinski definition) is 1. The van der Waals surface area contributed by atoms with Crippen molar-refractivity contribution >= 4 is 39.1 Å². The maximum atomic E-state index is 14.3. The lowest BCUT2D eigenvalue weighted by Crippen LogP contribution is -2.54. The molecule has 0 bridgehead atoms. The van der Waals surface area contributed by atoms with Gasteiger partial charge in [-0.05, 0) is 62.1 Å². The van der Waals surface area contributed by atoms with E-state index in [9.17, 15) is 18.0 Å². The van der Waals surface area contributed by atoms with Gasteiger partial charge in [0.05, 0.1) is 22.7 Å². The molecule has 0 aliphatic heterocycles. The van der Waals surface area contributed by atoms with E-state index >= 15 is 0 Å². The van der Waals surface area contributed by atoms with Crippen molar-refractivity contribution in [3.8, 4) is 5.75 Å². The number of hydrogen-bond acceptors (Lipinski definition) is 5. The van der Waals surface area contributed by atoms with Gasteiger partial charge in [-0.15, -0.1) is 0 Å². The number of carbonyl (C=O) groups excluding carboxylic acids is 2. The second kappa shape index (κ2) is 14.8. The van der Waals surface area contributed by atoms with Crippen LogP contribution in [0.4, 0.5) is 5.69 Å². The Bertz CT molecular complexity index is 1510. The van der Waals surface area contributed by atoms with Gasteiger partial charge in [0, 0.05) is 12.6 Å². The molecular weight excluding hydrogens is 586 g/mol. The van der Waals surface area contributed by atoms with E-state index in [1.165, 1.54) is 30.2 Å². The van der Waals surface area contributed by atoms with Crippen LogP contribution in [0.3, 0.4) is 0 Å². The van der Waals surface area contributed by atoms with Crippen molar-refractivity contribution < 1.29 is 22.7 Å². The molecule has 1 fully saturated rings. The molecule has 1 aliphatic rings. The van der Waals surface area contributed by atoms with Crippen LogP contribution in [0.15, 0.2) is 77.7 Å². The number of aryl methyl sites for hydroxylation is 1. The van der Waals surface area contributed by atoms with Gasteiger partial charge in [0.1, 0.15) is 18.3 Å². The van der Waals surface area contributed by atoms with Crippen molar-refractivity contribution in [2.24, 2.45) is 0 Å². The highest BCUT2D eigenvalue weighted by atomic mass is 35.5. The summed E-state index contributed by atoms with van der Waals surface area (Å²) in [6, 6.07) is 19.5. The molecule has 230 valence electrons. The van der Waals surface area contributed by atoms with Crippen LogP contribution in [-0.4, -0.2) is 50.9 Å². The number of rotatable bonds is 12. The minimum absolute atomic E-state index is 0.0297. The van der Waals surface area contributed by atoms with Gasteiger partial charge >= 0.3 is 0 Å². The fourth-order valence-electron chi connectivity index (χ4n) is 5.53. The average Bonchev–Trinajstić information content (AvgIpc) is 3.00. The first-order valence-corrected chi connectivity index (χ1v) is 16.5. The molecular formula is C33H40ClN3O5S. The highest BCUT2D eigenvalue weighted by Crippen LogP contribution is 2.32. The van der Waals surface area contributed by atoms with Crippen LogP contribution in [0.1, 0.15) is 56.6 Å².